The fourth-order valence-corrected chi connectivity index (χ4v) is 4.43. The molecule has 2 fully saturated rings. The van der Waals surface area contributed by atoms with Crippen molar-refractivity contribution in [2.75, 3.05) is 13.1 Å². The molecule has 3 aliphatic rings. The van der Waals surface area contributed by atoms with Crippen LogP contribution in [0.5, 0.6) is 0 Å². The Balaban J connectivity index is 1.39. The maximum absolute atomic E-state index is 13.7. The highest BCUT2D eigenvalue weighted by Gasteiger charge is 2.46. The average Bonchev–Trinajstić information content (AvgIpc) is 3.42. The number of nitrogens with zero attached hydrogens (tertiary/aromatic N) is 1. The van der Waals surface area contributed by atoms with E-state index in [1.807, 2.05) is 18.2 Å². The number of carbonyl (C=O) groups is 2. The van der Waals surface area contributed by atoms with Crippen molar-refractivity contribution in [3.63, 3.8) is 0 Å². The number of rotatable bonds is 5. The van der Waals surface area contributed by atoms with Gasteiger partial charge in [0.2, 0.25) is 11.8 Å². The summed E-state index contributed by atoms with van der Waals surface area (Å²) < 4.78 is 33.5. The molecule has 2 aliphatic heterocycles. The predicted octanol–water partition coefficient (Wildman–Crippen LogP) is 2.91. The number of terminal acetylenes is 1. The largest absolute Gasteiger partial charge is 0.365 e. The van der Waals surface area contributed by atoms with Crippen molar-refractivity contribution in [3.05, 3.63) is 35.4 Å². The molecular weight excluding hydrogens is 404 g/mol. The van der Waals surface area contributed by atoms with Gasteiger partial charge in [0.05, 0.1) is 12.2 Å². The van der Waals surface area contributed by atoms with Gasteiger partial charge in [-0.2, -0.15) is 0 Å². The first kappa shape index (κ1) is 21.6. The summed E-state index contributed by atoms with van der Waals surface area (Å²) in [4.78, 5) is 27.0. The fraction of sp³-hybridized carbons (Fsp3) is 0.565. The first-order valence-corrected chi connectivity index (χ1v) is 10.6. The monoisotopic (exact) mass is 431 g/mol. The highest BCUT2D eigenvalue weighted by molar-refractivity contribution is 5.88. The summed E-state index contributed by atoms with van der Waals surface area (Å²) in [5.74, 6) is -1.29. The molecule has 1 saturated carbocycles. The molecule has 1 spiro atoms. The second-order valence-electron chi connectivity index (χ2n) is 8.92. The molecule has 1 atom stereocenters. The van der Waals surface area contributed by atoms with E-state index in [2.05, 4.69) is 22.6 Å². The molecule has 1 aromatic carbocycles. The van der Waals surface area contributed by atoms with Crippen LogP contribution >= 0.6 is 0 Å². The van der Waals surface area contributed by atoms with Gasteiger partial charge in [0.1, 0.15) is 11.6 Å². The van der Waals surface area contributed by atoms with Crippen LogP contribution in [0.15, 0.2) is 24.3 Å². The molecule has 4 rings (SSSR count). The minimum Gasteiger partial charge on any atom is -0.365 e. The number of hydrogen-bond acceptors (Lipinski definition) is 3. The molecule has 8 heteroatoms. The smallest absolute Gasteiger partial charge is 0.318 e. The number of piperidine rings is 1. The minimum atomic E-state index is -3.12. The molecular formula is C23H27F2N3O3. The maximum atomic E-state index is 13.7. The molecule has 6 nitrogen and oxygen atoms in total. The predicted molar refractivity (Wildman–Crippen MR) is 110 cm³/mol. The molecule has 0 bridgehead atoms. The molecule has 166 valence electrons. The summed E-state index contributed by atoms with van der Waals surface area (Å²) in [5.41, 5.74) is 1.13. The Morgan fingerprint density at radius 3 is 2.55 bits per heavy atom. The van der Waals surface area contributed by atoms with Gasteiger partial charge in [-0.3, -0.25) is 4.79 Å². The van der Waals surface area contributed by atoms with Gasteiger partial charge in [-0.15, -0.1) is 6.42 Å². The number of amides is 3. The molecule has 2 N–H and O–H groups in total. The molecule has 1 aromatic rings. The molecule has 2 heterocycles. The number of hydrogen-bond donors (Lipinski definition) is 2. The second kappa shape index (κ2) is 7.79. The Kier molecular flexibility index (Phi) is 5.42. The van der Waals surface area contributed by atoms with Gasteiger partial charge >= 0.3 is 6.03 Å². The maximum Gasteiger partial charge on any atom is 0.318 e. The van der Waals surface area contributed by atoms with Gasteiger partial charge < -0.3 is 20.3 Å². The Morgan fingerprint density at radius 2 is 1.94 bits per heavy atom. The van der Waals surface area contributed by atoms with Gasteiger partial charge in [-0.1, -0.05) is 30.2 Å². The van der Waals surface area contributed by atoms with Gasteiger partial charge in [-0.25, -0.2) is 13.6 Å². The van der Waals surface area contributed by atoms with E-state index in [9.17, 15) is 18.4 Å². The van der Waals surface area contributed by atoms with E-state index >= 15 is 0 Å². The van der Waals surface area contributed by atoms with Crippen molar-refractivity contribution < 1.29 is 23.1 Å². The number of urea groups is 1. The van der Waals surface area contributed by atoms with Crippen molar-refractivity contribution in [1.82, 2.24) is 15.5 Å². The molecule has 0 radical (unpaired) electrons. The third-order valence-electron chi connectivity index (χ3n) is 6.44. The summed E-state index contributed by atoms with van der Waals surface area (Å²) in [6.07, 6.45) is 7.07. The number of fused-ring (bicyclic) bond motifs is 2. The number of carbonyl (C=O) groups excluding carboxylic acids is 2. The van der Waals surface area contributed by atoms with Crippen molar-refractivity contribution in [2.45, 2.75) is 68.7 Å². The van der Waals surface area contributed by atoms with E-state index in [1.54, 1.807) is 4.90 Å². The highest BCUT2D eigenvalue weighted by atomic mass is 19.3. The zero-order valence-electron chi connectivity index (χ0n) is 17.5. The highest BCUT2D eigenvalue weighted by Crippen LogP contribution is 2.44. The number of nitrogens with one attached hydrogen (secondary N) is 2. The van der Waals surface area contributed by atoms with Gasteiger partial charge in [-0.05, 0) is 43.7 Å². The van der Waals surface area contributed by atoms with Crippen LogP contribution in [-0.2, 0) is 21.7 Å². The van der Waals surface area contributed by atoms with Crippen molar-refractivity contribution in [1.29, 1.82) is 0 Å². The van der Waals surface area contributed by atoms with Crippen LogP contribution in [-0.4, -0.2) is 47.4 Å². The summed E-state index contributed by atoms with van der Waals surface area (Å²) >= 11 is 0. The molecule has 1 aliphatic carbocycles. The summed E-state index contributed by atoms with van der Waals surface area (Å²) in [5, 5.41) is 5.14. The van der Waals surface area contributed by atoms with Gasteiger partial charge in [0.25, 0.3) is 0 Å². The molecule has 1 saturated heterocycles. The summed E-state index contributed by atoms with van der Waals surface area (Å²) in [7, 11) is 0. The van der Waals surface area contributed by atoms with Crippen LogP contribution in [0, 0.1) is 12.3 Å². The van der Waals surface area contributed by atoms with Crippen LogP contribution in [0.1, 0.15) is 50.2 Å². The van der Waals surface area contributed by atoms with Crippen molar-refractivity contribution >= 4 is 11.9 Å². The minimum absolute atomic E-state index is 0.408. The molecule has 0 aromatic heterocycles. The Bertz CT molecular complexity index is 909. The SMILES string of the molecule is C#CC1(NC(=O)[C@H](CC(C)(F)F)NC(=O)N2CCC3(CC2)OCc2ccccc23)CC1. The fourth-order valence-electron chi connectivity index (χ4n) is 4.43. The van der Waals surface area contributed by atoms with E-state index in [0.29, 0.717) is 45.4 Å². The van der Waals surface area contributed by atoms with E-state index in [1.165, 1.54) is 0 Å². The Labute approximate surface area is 180 Å². The number of benzene rings is 1. The first-order valence-electron chi connectivity index (χ1n) is 10.6. The van der Waals surface area contributed by atoms with Crippen LogP contribution in [0.25, 0.3) is 0 Å². The van der Waals surface area contributed by atoms with Crippen LogP contribution in [0.3, 0.4) is 0 Å². The third kappa shape index (κ3) is 4.52. The molecule has 3 amide bonds. The van der Waals surface area contributed by atoms with Crippen LogP contribution < -0.4 is 10.6 Å². The number of likely N-dealkylation sites (tertiary alicyclic amines) is 1. The van der Waals surface area contributed by atoms with E-state index in [-0.39, 0.29) is 0 Å². The molecule has 0 unspecified atom stereocenters. The standard InChI is InChI=1S/C23H27F2N3O3/c1-3-22(8-9-22)27-19(29)18(14-21(2,24)25)26-20(30)28-12-10-23(11-13-28)17-7-5-4-6-16(17)15-31-23/h1,4-7,18H,8-15H2,2H3,(H,26,30)(H,27,29)/t18-/m0/s1. The zero-order chi connectivity index (χ0) is 22.3. The van der Waals surface area contributed by atoms with E-state index < -0.39 is 41.5 Å². The zero-order valence-corrected chi connectivity index (χ0v) is 17.5. The number of alkyl halides is 2. The van der Waals surface area contributed by atoms with Crippen LogP contribution in [0.2, 0.25) is 0 Å². The number of ether oxygens (including phenoxy) is 1. The quantitative estimate of drug-likeness (QED) is 0.705. The Hall–Kier alpha value is -2.66. The Morgan fingerprint density at radius 1 is 1.26 bits per heavy atom. The topological polar surface area (TPSA) is 70.7 Å². The van der Waals surface area contributed by atoms with Gasteiger partial charge in [0, 0.05) is 19.5 Å². The lowest BCUT2D eigenvalue weighted by molar-refractivity contribution is -0.126. The summed E-state index contributed by atoms with van der Waals surface area (Å²) in [6.45, 7) is 2.09. The lowest BCUT2D eigenvalue weighted by Gasteiger charge is -2.39. The summed E-state index contributed by atoms with van der Waals surface area (Å²) in [6, 6.07) is 6.16. The van der Waals surface area contributed by atoms with Gasteiger partial charge in [0.15, 0.2) is 0 Å². The second-order valence-corrected chi connectivity index (χ2v) is 8.92. The van der Waals surface area contributed by atoms with Crippen molar-refractivity contribution in [3.8, 4) is 12.3 Å². The molecule has 31 heavy (non-hydrogen) atoms. The van der Waals surface area contributed by atoms with Crippen LogP contribution in [0.4, 0.5) is 13.6 Å². The third-order valence-corrected chi connectivity index (χ3v) is 6.44. The lowest BCUT2D eigenvalue weighted by atomic mass is 9.84. The van der Waals surface area contributed by atoms with E-state index in [0.717, 1.165) is 18.1 Å². The van der Waals surface area contributed by atoms with E-state index in [4.69, 9.17) is 11.2 Å². The average molecular weight is 431 g/mol. The first-order chi connectivity index (χ1) is 14.7. The number of halogens is 2. The van der Waals surface area contributed by atoms with Crippen molar-refractivity contribution in [2.24, 2.45) is 0 Å². The normalized spacial score (nSPS) is 21.7. The lowest BCUT2D eigenvalue weighted by Crippen LogP contribution is -2.56.